The van der Waals surface area contributed by atoms with E-state index in [1.54, 1.807) is 30.3 Å². The van der Waals surface area contributed by atoms with Crippen molar-refractivity contribution in [1.29, 1.82) is 0 Å². The van der Waals surface area contributed by atoms with Gasteiger partial charge in [0.2, 0.25) is 17.7 Å². The normalized spacial score (nSPS) is 15.0. The highest BCUT2D eigenvalue weighted by molar-refractivity contribution is 7.98. The van der Waals surface area contributed by atoms with Crippen LogP contribution in [-0.4, -0.2) is 86.2 Å². The van der Waals surface area contributed by atoms with E-state index in [0.29, 0.717) is 11.4 Å². The number of nitrogens with one attached hydrogen (secondary N) is 4. The van der Waals surface area contributed by atoms with Crippen molar-refractivity contribution in [2.75, 3.05) is 12.0 Å². The number of carbonyl (C=O) groups excluding carboxylic acids is 3. The third-order valence-corrected chi connectivity index (χ3v) is 6.18. The van der Waals surface area contributed by atoms with Crippen LogP contribution in [0.3, 0.4) is 0 Å². The molecule has 5 unspecified atom stereocenters. The summed E-state index contributed by atoms with van der Waals surface area (Å²) in [6.07, 6.45) is 3.89. The number of aliphatic hydroxyl groups excluding tert-OH is 1. The number of hydrogen-bond donors (Lipinski definition) is 7. The molecule has 8 N–H and O–H groups in total. The van der Waals surface area contributed by atoms with Gasteiger partial charge in [0.1, 0.15) is 18.1 Å². The number of aliphatic hydroxyl groups is 1. The van der Waals surface area contributed by atoms with Crippen molar-refractivity contribution in [2.45, 2.75) is 56.5 Å². The monoisotopic (exact) mass is 534 g/mol. The molecule has 3 amide bonds. The zero-order valence-electron chi connectivity index (χ0n) is 20.7. The fourth-order valence-electron chi connectivity index (χ4n) is 3.48. The van der Waals surface area contributed by atoms with Gasteiger partial charge in [-0.1, -0.05) is 30.3 Å². The number of rotatable bonds is 15. The van der Waals surface area contributed by atoms with E-state index in [4.69, 9.17) is 5.73 Å². The van der Waals surface area contributed by atoms with Crippen LogP contribution in [-0.2, 0) is 32.0 Å². The quantitative estimate of drug-likeness (QED) is 0.153. The number of carbonyl (C=O) groups is 4. The summed E-state index contributed by atoms with van der Waals surface area (Å²) in [5.41, 5.74) is 7.41. The van der Waals surface area contributed by atoms with Gasteiger partial charge >= 0.3 is 5.97 Å². The van der Waals surface area contributed by atoms with Crippen molar-refractivity contribution >= 4 is 35.5 Å². The van der Waals surface area contributed by atoms with Gasteiger partial charge in [-0.25, -0.2) is 9.78 Å². The molecule has 0 aliphatic rings. The Morgan fingerprint density at radius 3 is 2.27 bits per heavy atom. The van der Waals surface area contributed by atoms with Crippen molar-refractivity contribution in [3.05, 3.63) is 54.1 Å². The summed E-state index contributed by atoms with van der Waals surface area (Å²) in [7, 11) is 0. The van der Waals surface area contributed by atoms with Crippen LogP contribution in [0.4, 0.5) is 0 Å². The van der Waals surface area contributed by atoms with Crippen LogP contribution in [0.5, 0.6) is 0 Å². The maximum atomic E-state index is 13.2. The van der Waals surface area contributed by atoms with Gasteiger partial charge in [-0.05, 0) is 30.9 Å². The van der Waals surface area contributed by atoms with Crippen LogP contribution < -0.4 is 21.7 Å². The molecule has 0 saturated carbocycles. The number of H-pyrrole nitrogens is 1. The largest absolute Gasteiger partial charge is 0.480 e. The minimum Gasteiger partial charge on any atom is -0.480 e. The number of carboxylic acid groups (broad SMARTS) is 1. The summed E-state index contributed by atoms with van der Waals surface area (Å²) < 4.78 is 0. The minimum absolute atomic E-state index is 0.0921. The summed E-state index contributed by atoms with van der Waals surface area (Å²) >= 11 is 1.42. The number of hydrogen-bond acceptors (Lipinski definition) is 8. The van der Waals surface area contributed by atoms with Crippen LogP contribution >= 0.6 is 11.8 Å². The number of benzene rings is 1. The lowest BCUT2D eigenvalue weighted by molar-refractivity contribution is -0.143. The summed E-state index contributed by atoms with van der Waals surface area (Å²) in [5.74, 6) is -2.90. The molecule has 0 fully saturated rings. The lowest BCUT2D eigenvalue weighted by atomic mass is 10.0. The van der Waals surface area contributed by atoms with Gasteiger partial charge in [-0.3, -0.25) is 14.4 Å². The topological polar surface area (TPSA) is 200 Å². The van der Waals surface area contributed by atoms with Crippen molar-refractivity contribution < 1.29 is 29.4 Å². The molecule has 13 heteroatoms. The Kier molecular flexibility index (Phi) is 12.1. The zero-order chi connectivity index (χ0) is 27.4. The van der Waals surface area contributed by atoms with Crippen molar-refractivity contribution in [2.24, 2.45) is 5.73 Å². The molecule has 0 aliphatic heterocycles. The summed E-state index contributed by atoms with van der Waals surface area (Å²) in [5, 5.41) is 27.1. The van der Waals surface area contributed by atoms with E-state index in [0.717, 1.165) is 5.56 Å². The number of thioether (sulfide) groups is 1. The van der Waals surface area contributed by atoms with Gasteiger partial charge < -0.3 is 36.9 Å². The molecule has 2 aromatic rings. The molecule has 0 radical (unpaired) electrons. The molecule has 202 valence electrons. The lowest BCUT2D eigenvalue weighted by Crippen LogP contribution is -2.60. The third kappa shape index (κ3) is 9.86. The van der Waals surface area contributed by atoms with Crippen LogP contribution in [0.2, 0.25) is 0 Å². The third-order valence-electron chi connectivity index (χ3n) is 5.53. The second kappa shape index (κ2) is 15.0. The van der Waals surface area contributed by atoms with Gasteiger partial charge in [0.25, 0.3) is 0 Å². The van der Waals surface area contributed by atoms with Gasteiger partial charge in [0.15, 0.2) is 0 Å². The average molecular weight is 535 g/mol. The fourth-order valence-corrected chi connectivity index (χ4v) is 3.95. The highest BCUT2D eigenvalue weighted by Crippen LogP contribution is 2.07. The standard InChI is InChI=1S/C24H34N6O6S/c1-14(31)20(23(34)28-18(24(35)36)8-9-37-2)30-22(33)19(10-15-6-4-3-5-7-15)29-21(32)17(25)11-16-12-26-13-27-16/h3-7,12-14,17-20,31H,8-11,25H2,1-2H3,(H,26,27)(H,28,34)(H,29,32)(H,30,33)(H,35,36). The first-order valence-corrected chi connectivity index (χ1v) is 13.1. The Morgan fingerprint density at radius 2 is 1.70 bits per heavy atom. The molecule has 0 spiro atoms. The number of aromatic nitrogens is 2. The van der Waals surface area contributed by atoms with E-state index in [2.05, 4.69) is 25.9 Å². The number of imidazole rings is 1. The van der Waals surface area contributed by atoms with Gasteiger partial charge in [-0.2, -0.15) is 11.8 Å². The first-order chi connectivity index (χ1) is 17.6. The van der Waals surface area contributed by atoms with E-state index < -0.39 is 54.0 Å². The molecule has 0 aliphatic carbocycles. The van der Waals surface area contributed by atoms with E-state index in [9.17, 15) is 29.4 Å². The summed E-state index contributed by atoms with van der Waals surface area (Å²) in [6, 6.07) is 4.19. The Balaban J connectivity index is 2.16. The number of aliphatic carboxylic acids is 1. The predicted molar refractivity (Wildman–Crippen MR) is 139 cm³/mol. The molecule has 5 atom stereocenters. The van der Waals surface area contributed by atoms with E-state index >= 15 is 0 Å². The van der Waals surface area contributed by atoms with Crippen LogP contribution in [0.15, 0.2) is 42.9 Å². The summed E-state index contributed by atoms with van der Waals surface area (Å²) in [4.78, 5) is 57.1. The van der Waals surface area contributed by atoms with Crippen molar-refractivity contribution in [3.63, 3.8) is 0 Å². The van der Waals surface area contributed by atoms with E-state index in [1.165, 1.54) is 31.2 Å². The highest BCUT2D eigenvalue weighted by Gasteiger charge is 2.32. The smallest absolute Gasteiger partial charge is 0.326 e. The highest BCUT2D eigenvalue weighted by atomic mass is 32.2. The first kappa shape index (κ1) is 29.8. The Labute approximate surface area is 219 Å². The second-order valence-electron chi connectivity index (χ2n) is 8.55. The number of amides is 3. The van der Waals surface area contributed by atoms with Crippen LogP contribution in [0, 0.1) is 0 Å². The van der Waals surface area contributed by atoms with Crippen molar-refractivity contribution in [3.8, 4) is 0 Å². The lowest BCUT2D eigenvalue weighted by Gasteiger charge is -2.26. The van der Waals surface area contributed by atoms with E-state index in [1.807, 2.05) is 6.26 Å². The van der Waals surface area contributed by atoms with Gasteiger partial charge in [0.05, 0.1) is 18.5 Å². The minimum atomic E-state index is -1.45. The molecule has 2 rings (SSSR count). The Morgan fingerprint density at radius 1 is 1.03 bits per heavy atom. The number of nitrogens with zero attached hydrogens (tertiary/aromatic N) is 1. The first-order valence-electron chi connectivity index (χ1n) is 11.7. The fraction of sp³-hybridized carbons (Fsp3) is 0.458. The molecule has 1 heterocycles. The van der Waals surface area contributed by atoms with E-state index in [-0.39, 0.29) is 19.3 Å². The predicted octanol–water partition coefficient (Wildman–Crippen LogP) is -0.805. The zero-order valence-corrected chi connectivity index (χ0v) is 21.5. The summed E-state index contributed by atoms with van der Waals surface area (Å²) in [6.45, 7) is 1.30. The SMILES string of the molecule is CSCCC(NC(=O)C(NC(=O)C(Cc1ccccc1)NC(=O)C(N)Cc1cnc[nH]1)C(C)O)C(=O)O. The average Bonchev–Trinajstić information content (AvgIpc) is 3.37. The Bertz CT molecular complexity index is 1020. The molecule has 0 bridgehead atoms. The van der Waals surface area contributed by atoms with Crippen LogP contribution in [0.25, 0.3) is 0 Å². The number of nitrogens with two attached hydrogens (primary N) is 1. The molecule has 37 heavy (non-hydrogen) atoms. The molecule has 1 aromatic carbocycles. The van der Waals surface area contributed by atoms with Gasteiger partial charge in [-0.15, -0.1) is 0 Å². The molecule has 12 nitrogen and oxygen atoms in total. The molecular weight excluding hydrogens is 500 g/mol. The second-order valence-corrected chi connectivity index (χ2v) is 9.53. The molecule has 0 saturated heterocycles. The van der Waals surface area contributed by atoms with Gasteiger partial charge in [0, 0.05) is 24.7 Å². The molecule has 1 aromatic heterocycles. The molecular formula is C24H34N6O6S. The number of aromatic amines is 1. The maximum absolute atomic E-state index is 13.2. The van der Waals surface area contributed by atoms with Crippen LogP contribution in [0.1, 0.15) is 24.6 Å². The van der Waals surface area contributed by atoms with Crippen molar-refractivity contribution in [1.82, 2.24) is 25.9 Å². The number of carboxylic acids is 1. The maximum Gasteiger partial charge on any atom is 0.326 e. The Hall–Kier alpha value is -3.42.